The summed E-state index contributed by atoms with van der Waals surface area (Å²) in [5, 5.41) is 2.95. The van der Waals surface area contributed by atoms with Gasteiger partial charge in [-0.25, -0.2) is 9.97 Å². The summed E-state index contributed by atoms with van der Waals surface area (Å²) < 4.78 is 0. The fourth-order valence-corrected chi connectivity index (χ4v) is 3.06. The van der Waals surface area contributed by atoms with Crippen molar-refractivity contribution in [3.05, 3.63) is 47.9 Å². The summed E-state index contributed by atoms with van der Waals surface area (Å²) in [6.45, 7) is 9.76. The minimum absolute atomic E-state index is 0.138. The molecular weight excluding hydrogens is 326 g/mol. The van der Waals surface area contributed by atoms with Crippen molar-refractivity contribution in [2.75, 3.05) is 36.0 Å². The van der Waals surface area contributed by atoms with Gasteiger partial charge in [0.15, 0.2) is 0 Å². The van der Waals surface area contributed by atoms with E-state index < -0.39 is 0 Å². The smallest absolute Gasteiger partial charge is 0.270 e. The molecule has 0 radical (unpaired) electrons. The van der Waals surface area contributed by atoms with Crippen molar-refractivity contribution < 1.29 is 4.79 Å². The van der Waals surface area contributed by atoms with Gasteiger partial charge in [0.05, 0.1) is 0 Å². The van der Waals surface area contributed by atoms with E-state index in [-0.39, 0.29) is 11.9 Å². The van der Waals surface area contributed by atoms with Crippen molar-refractivity contribution in [3.8, 4) is 0 Å². The Labute approximate surface area is 155 Å². The molecule has 138 valence electrons. The first kappa shape index (κ1) is 18.2. The Hall–Kier alpha value is -2.63. The predicted octanol–water partition coefficient (Wildman–Crippen LogP) is 2.64. The fourth-order valence-electron chi connectivity index (χ4n) is 3.06. The largest absolute Gasteiger partial charge is 0.368 e. The lowest BCUT2D eigenvalue weighted by Crippen LogP contribution is -2.47. The summed E-state index contributed by atoms with van der Waals surface area (Å²) in [6, 6.07) is 10.5. The van der Waals surface area contributed by atoms with Crippen LogP contribution >= 0.6 is 0 Å². The minimum Gasteiger partial charge on any atom is -0.368 e. The molecule has 0 aliphatic carbocycles. The zero-order valence-electron chi connectivity index (χ0n) is 15.8. The van der Waals surface area contributed by atoms with E-state index >= 15 is 0 Å². The standard InChI is InChI=1S/C20H27N5O/c1-4-16(3)23-20(26)18-13-19(22-14-21-18)25-10-8-24(9-11-25)17-7-5-6-15(2)12-17/h5-7,12-14,16H,4,8-11H2,1-3H3,(H,23,26). The lowest BCUT2D eigenvalue weighted by atomic mass is 10.2. The first-order valence-electron chi connectivity index (χ1n) is 9.26. The molecule has 6 heteroatoms. The average molecular weight is 353 g/mol. The van der Waals surface area contributed by atoms with Crippen molar-refractivity contribution in [1.82, 2.24) is 15.3 Å². The van der Waals surface area contributed by atoms with Gasteiger partial charge in [0.1, 0.15) is 17.8 Å². The van der Waals surface area contributed by atoms with Gasteiger partial charge >= 0.3 is 0 Å². The van der Waals surface area contributed by atoms with Crippen LogP contribution in [0.15, 0.2) is 36.7 Å². The Morgan fingerprint density at radius 3 is 2.58 bits per heavy atom. The molecule has 1 amide bonds. The molecule has 1 aromatic heterocycles. The number of piperazine rings is 1. The van der Waals surface area contributed by atoms with Gasteiger partial charge in [-0.3, -0.25) is 4.79 Å². The summed E-state index contributed by atoms with van der Waals surface area (Å²) in [6.07, 6.45) is 2.37. The molecule has 1 aliphatic rings. The van der Waals surface area contributed by atoms with Gasteiger partial charge in [0.2, 0.25) is 0 Å². The van der Waals surface area contributed by atoms with Gasteiger partial charge in [0.25, 0.3) is 5.91 Å². The number of nitrogens with zero attached hydrogens (tertiary/aromatic N) is 4. The van der Waals surface area contributed by atoms with Crippen LogP contribution < -0.4 is 15.1 Å². The van der Waals surface area contributed by atoms with Crippen molar-refractivity contribution in [1.29, 1.82) is 0 Å². The van der Waals surface area contributed by atoms with Crippen LogP contribution in [0.5, 0.6) is 0 Å². The second-order valence-corrected chi connectivity index (χ2v) is 6.86. The fraction of sp³-hybridized carbons (Fsp3) is 0.450. The quantitative estimate of drug-likeness (QED) is 0.895. The molecular formula is C20H27N5O. The molecule has 0 saturated carbocycles. The lowest BCUT2D eigenvalue weighted by Gasteiger charge is -2.36. The van der Waals surface area contributed by atoms with E-state index in [0.717, 1.165) is 38.4 Å². The predicted molar refractivity (Wildman–Crippen MR) is 105 cm³/mol. The second-order valence-electron chi connectivity index (χ2n) is 6.86. The van der Waals surface area contributed by atoms with Crippen LogP contribution in [-0.4, -0.2) is 48.1 Å². The minimum atomic E-state index is -0.138. The zero-order valence-corrected chi connectivity index (χ0v) is 15.8. The van der Waals surface area contributed by atoms with Crippen LogP contribution in [0.4, 0.5) is 11.5 Å². The maximum Gasteiger partial charge on any atom is 0.270 e. The summed E-state index contributed by atoms with van der Waals surface area (Å²) in [5.74, 6) is 0.680. The number of nitrogens with one attached hydrogen (secondary N) is 1. The van der Waals surface area contributed by atoms with Crippen LogP contribution in [0.3, 0.4) is 0 Å². The van der Waals surface area contributed by atoms with Gasteiger partial charge in [0, 0.05) is 44.0 Å². The Balaban J connectivity index is 1.64. The third-order valence-corrected chi connectivity index (χ3v) is 4.85. The number of rotatable bonds is 5. The summed E-state index contributed by atoms with van der Waals surface area (Å²) >= 11 is 0. The Kier molecular flexibility index (Phi) is 5.71. The molecule has 0 bridgehead atoms. The number of carbonyl (C=O) groups is 1. The molecule has 3 rings (SSSR count). The summed E-state index contributed by atoms with van der Waals surface area (Å²) in [4.78, 5) is 25.4. The highest BCUT2D eigenvalue weighted by atomic mass is 16.1. The van der Waals surface area contributed by atoms with Crippen LogP contribution in [0, 0.1) is 6.92 Å². The van der Waals surface area contributed by atoms with Crippen LogP contribution in [0.2, 0.25) is 0 Å². The Morgan fingerprint density at radius 1 is 1.15 bits per heavy atom. The van der Waals surface area contributed by atoms with Crippen LogP contribution in [-0.2, 0) is 0 Å². The molecule has 6 nitrogen and oxygen atoms in total. The first-order valence-corrected chi connectivity index (χ1v) is 9.26. The van der Waals surface area contributed by atoms with Gasteiger partial charge in [-0.1, -0.05) is 19.1 Å². The maximum atomic E-state index is 12.3. The van der Waals surface area contributed by atoms with Crippen LogP contribution in [0.1, 0.15) is 36.3 Å². The van der Waals surface area contributed by atoms with E-state index in [1.807, 2.05) is 13.8 Å². The van der Waals surface area contributed by atoms with Crippen molar-refractivity contribution in [2.24, 2.45) is 0 Å². The molecule has 26 heavy (non-hydrogen) atoms. The van der Waals surface area contributed by atoms with E-state index in [1.54, 1.807) is 6.07 Å². The molecule has 2 heterocycles. The molecule has 1 saturated heterocycles. The molecule has 1 fully saturated rings. The van der Waals surface area contributed by atoms with Crippen molar-refractivity contribution in [2.45, 2.75) is 33.2 Å². The van der Waals surface area contributed by atoms with E-state index in [2.05, 4.69) is 56.3 Å². The van der Waals surface area contributed by atoms with Gasteiger partial charge in [-0.05, 0) is 38.0 Å². The molecule has 1 aromatic carbocycles. The number of anilines is 2. The number of amides is 1. The molecule has 2 aromatic rings. The Bertz CT molecular complexity index is 755. The third-order valence-electron chi connectivity index (χ3n) is 4.85. The normalized spacial score (nSPS) is 15.7. The third kappa shape index (κ3) is 4.31. The summed E-state index contributed by atoms with van der Waals surface area (Å²) in [5.41, 5.74) is 2.97. The van der Waals surface area contributed by atoms with E-state index in [0.29, 0.717) is 5.69 Å². The highest BCUT2D eigenvalue weighted by Crippen LogP contribution is 2.20. The first-order chi connectivity index (χ1) is 12.6. The van der Waals surface area contributed by atoms with Crippen molar-refractivity contribution >= 4 is 17.4 Å². The number of aryl methyl sites for hydroxylation is 1. The monoisotopic (exact) mass is 353 g/mol. The second kappa shape index (κ2) is 8.17. The number of carbonyl (C=O) groups excluding carboxylic acids is 1. The number of benzene rings is 1. The molecule has 1 aliphatic heterocycles. The van der Waals surface area contributed by atoms with Gasteiger partial charge in [-0.15, -0.1) is 0 Å². The number of hydrogen-bond acceptors (Lipinski definition) is 5. The summed E-state index contributed by atoms with van der Waals surface area (Å²) in [7, 11) is 0. The van der Waals surface area contributed by atoms with E-state index in [1.165, 1.54) is 17.6 Å². The lowest BCUT2D eigenvalue weighted by molar-refractivity contribution is 0.0934. The molecule has 0 spiro atoms. The van der Waals surface area contributed by atoms with E-state index in [4.69, 9.17) is 0 Å². The Morgan fingerprint density at radius 2 is 1.88 bits per heavy atom. The van der Waals surface area contributed by atoms with Gasteiger partial charge in [-0.2, -0.15) is 0 Å². The highest BCUT2D eigenvalue weighted by molar-refractivity contribution is 5.93. The van der Waals surface area contributed by atoms with Crippen LogP contribution in [0.25, 0.3) is 0 Å². The SMILES string of the molecule is CCC(C)NC(=O)c1cc(N2CCN(c3cccc(C)c3)CC2)ncn1. The van der Waals surface area contributed by atoms with E-state index in [9.17, 15) is 4.79 Å². The topological polar surface area (TPSA) is 61.4 Å². The number of aromatic nitrogens is 2. The molecule has 1 N–H and O–H groups in total. The average Bonchev–Trinajstić information content (AvgIpc) is 2.68. The number of hydrogen-bond donors (Lipinski definition) is 1. The zero-order chi connectivity index (χ0) is 18.5. The molecule has 1 unspecified atom stereocenters. The maximum absolute atomic E-state index is 12.3. The highest BCUT2D eigenvalue weighted by Gasteiger charge is 2.20. The molecule has 1 atom stereocenters. The van der Waals surface area contributed by atoms with Crippen molar-refractivity contribution in [3.63, 3.8) is 0 Å². The van der Waals surface area contributed by atoms with Gasteiger partial charge < -0.3 is 15.1 Å².